The van der Waals surface area contributed by atoms with Crippen LogP contribution in [-0.2, 0) is 0 Å². The van der Waals surface area contributed by atoms with Gasteiger partial charge in [-0.15, -0.1) is 0 Å². The van der Waals surface area contributed by atoms with Crippen LogP contribution < -0.4 is 0 Å². The predicted octanol–water partition coefficient (Wildman–Crippen LogP) is 4.19. The summed E-state index contributed by atoms with van der Waals surface area (Å²) in [6.07, 6.45) is 4.16. The van der Waals surface area contributed by atoms with E-state index in [0.29, 0.717) is 0 Å². The van der Waals surface area contributed by atoms with E-state index < -0.39 is 0 Å². The van der Waals surface area contributed by atoms with Crippen LogP contribution in [-0.4, -0.2) is 0 Å². The maximum absolute atomic E-state index is 3.03. The molecule has 0 nitrogen and oxygen atoms in total. The smallest absolute Gasteiger partial charge is 0.0178 e. The van der Waals surface area contributed by atoms with Gasteiger partial charge in [-0.25, -0.2) is 0 Å². The van der Waals surface area contributed by atoms with E-state index in [0.717, 1.165) is 0 Å². The fraction of sp³-hybridized carbons (Fsp3) is 0.0667. The van der Waals surface area contributed by atoms with Crippen molar-refractivity contribution >= 4 is 6.08 Å². The van der Waals surface area contributed by atoms with Gasteiger partial charge in [0.1, 0.15) is 0 Å². The van der Waals surface area contributed by atoms with Crippen molar-refractivity contribution in [1.82, 2.24) is 0 Å². The Bertz CT molecular complexity index is 452. The van der Waals surface area contributed by atoms with Crippen LogP contribution in [0.2, 0.25) is 0 Å². The van der Waals surface area contributed by atoms with Crippen LogP contribution >= 0.6 is 0 Å². The van der Waals surface area contributed by atoms with E-state index in [1.807, 2.05) is 19.1 Å². The highest BCUT2D eigenvalue weighted by Gasteiger charge is 1.95. The number of allylic oxidation sites excluding steroid dienone is 1. The van der Waals surface area contributed by atoms with Crippen molar-refractivity contribution in [2.45, 2.75) is 6.92 Å². The lowest BCUT2D eigenvalue weighted by Gasteiger charge is -2.02. The molecule has 0 unspecified atom stereocenters. The van der Waals surface area contributed by atoms with Gasteiger partial charge in [0, 0.05) is 0 Å². The van der Waals surface area contributed by atoms with Crippen LogP contribution in [0.1, 0.15) is 12.5 Å². The average Bonchev–Trinajstić information content (AvgIpc) is 2.31. The Labute approximate surface area is 90.9 Å². The molecule has 0 saturated heterocycles. The summed E-state index contributed by atoms with van der Waals surface area (Å²) in [7, 11) is 0. The van der Waals surface area contributed by atoms with Gasteiger partial charge < -0.3 is 0 Å². The second kappa shape index (κ2) is 4.61. The summed E-state index contributed by atoms with van der Waals surface area (Å²) in [6.45, 7) is 2.03. The van der Waals surface area contributed by atoms with Crippen molar-refractivity contribution in [2.75, 3.05) is 0 Å². The van der Waals surface area contributed by atoms with E-state index in [1.54, 1.807) is 0 Å². The molecule has 2 rings (SSSR count). The van der Waals surface area contributed by atoms with E-state index in [1.165, 1.54) is 16.7 Å². The molecule has 1 radical (unpaired) electrons. The van der Waals surface area contributed by atoms with E-state index in [4.69, 9.17) is 0 Å². The van der Waals surface area contributed by atoms with Crippen LogP contribution in [0.25, 0.3) is 17.2 Å². The summed E-state index contributed by atoms with van der Waals surface area (Å²) < 4.78 is 0. The Morgan fingerprint density at radius 2 is 1.80 bits per heavy atom. The zero-order valence-corrected chi connectivity index (χ0v) is 8.77. The molecule has 2 aromatic rings. The molecule has 0 aliphatic carbocycles. The number of hydrogen-bond acceptors (Lipinski definition) is 0. The summed E-state index contributed by atoms with van der Waals surface area (Å²) in [5, 5.41) is 0. The monoisotopic (exact) mass is 193 g/mol. The quantitative estimate of drug-likeness (QED) is 0.671. The van der Waals surface area contributed by atoms with Crippen LogP contribution in [0.3, 0.4) is 0 Å². The first-order valence-corrected chi connectivity index (χ1v) is 5.09. The molecule has 0 saturated carbocycles. The van der Waals surface area contributed by atoms with Crippen molar-refractivity contribution in [3.8, 4) is 11.1 Å². The normalized spacial score (nSPS) is 10.7. The Morgan fingerprint density at radius 3 is 2.53 bits per heavy atom. The van der Waals surface area contributed by atoms with Gasteiger partial charge in [-0.1, -0.05) is 54.6 Å². The lowest BCUT2D eigenvalue weighted by atomic mass is 10.0. The van der Waals surface area contributed by atoms with E-state index in [2.05, 4.69) is 54.6 Å². The van der Waals surface area contributed by atoms with Gasteiger partial charge >= 0.3 is 0 Å². The van der Waals surface area contributed by atoms with Crippen LogP contribution in [0.5, 0.6) is 0 Å². The third kappa shape index (κ3) is 2.35. The van der Waals surface area contributed by atoms with Crippen LogP contribution in [0.15, 0.2) is 54.6 Å². The first-order chi connectivity index (χ1) is 7.40. The molecule has 0 heterocycles. The maximum atomic E-state index is 3.03. The average molecular weight is 193 g/mol. The minimum atomic E-state index is 1.24. The third-order valence-corrected chi connectivity index (χ3v) is 2.30. The highest BCUT2D eigenvalue weighted by molar-refractivity contribution is 5.67. The van der Waals surface area contributed by atoms with Crippen LogP contribution in [0.4, 0.5) is 0 Å². The molecule has 0 aliphatic heterocycles. The van der Waals surface area contributed by atoms with E-state index in [9.17, 15) is 0 Å². The molecular formula is C15H13. The van der Waals surface area contributed by atoms with Crippen molar-refractivity contribution in [3.05, 3.63) is 66.2 Å². The van der Waals surface area contributed by atoms with Gasteiger partial charge in [0.05, 0.1) is 0 Å². The Hall–Kier alpha value is -1.82. The largest absolute Gasteiger partial charge is 0.0871 e. The standard InChI is InChI=1S/C15H13/c1-2-7-13-8-6-11-15(12-13)14-9-4-3-5-10-14/h2,4-12H,1H3. The number of hydrogen-bond donors (Lipinski definition) is 0. The van der Waals surface area contributed by atoms with E-state index in [-0.39, 0.29) is 0 Å². The van der Waals surface area contributed by atoms with Crippen molar-refractivity contribution < 1.29 is 0 Å². The van der Waals surface area contributed by atoms with Gasteiger partial charge in [0.2, 0.25) is 0 Å². The molecule has 0 aromatic heterocycles. The zero-order valence-electron chi connectivity index (χ0n) is 8.77. The number of benzene rings is 2. The molecule has 2 aromatic carbocycles. The Balaban J connectivity index is 2.41. The molecule has 0 amide bonds. The molecule has 73 valence electrons. The predicted molar refractivity (Wildman–Crippen MR) is 65.4 cm³/mol. The molecular weight excluding hydrogens is 180 g/mol. The fourth-order valence-corrected chi connectivity index (χ4v) is 1.59. The molecule has 0 bridgehead atoms. The third-order valence-electron chi connectivity index (χ3n) is 2.30. The maximum Gasteiger partial charge on any atom is -0.0178 e. The van der Waals surface area contributed by atoms with Gasteiger partial charge in [-0.3, -0.25) is 0 Å². The minimum Gasteiger partial charge on any atom is -0.0871 e. The SMILES string of the molecule is CC=Cc1cccc(-c2cc[c]cc2)c1. The van der Waals surface area contributed by atoms with Crippen molar-refractivity contribution in [3.63, 3.8) is 0 Å². The first-order valence-electron chi connectivity index (χ1n) is 5.09. The van der Waals surface area contributed by atoms with Crippen LogP contribution in [0, 0.1) is 6.07 Å². The topological polar surface area (TPSA) is 0 Å². The zero-order chi connectivity index (χ0) is 10.5. The van der Waals surface area contributed by atoms with Gasteiger partial charge in [-0.2, -0.15) is 0 Å². The second-order valence-corrected chi connectivity index (χ2v) is 3.41. The summed E-state index contributed by atoms with van der Waals surface area (Å²) in [5.74, 6) is 0. The minimum absolute atomic E-state index is 1.24. The summed E-state index contributed by atoms with van der Waals surface area (Å²) in [4.78, 5) is 0. The van der Waals surface area contributed by atoms with Gasteiger partial charge in [0.25, 0.3) is 0 Å². The summed E-state index contributed by atoms with van der Waals surface area (Å²) >= 11 is 0. The molecule has 0 fully saturated rings. The molecule has 15 heavy (non-hydrogen) atoms. The lowest BCUT2D eigenvalue weighted by Crippen LogP contribution is -1.78. The van der Waals surface area contributed by atoms with E-state index >= 15 is 0 Å². The van der Waals surface area contributed by atoms with Gasteiger partial charge in [-0.05, 0) is 35.7 Å². The second-order valence-electron chi connectivity index (χ2n) is 3.41. The van der Waals surface area contributed by atoms with Crippen molar-refractivity contribution in [2.24, 2.45) is 0 Å². The lowest BCUT2D eigenvalue weighted by molar-refractivity contribution is 1.59. The van der Waals surface area contributed by atoms with Crippen molar-refractivity contribution in [1.29, 1.82) is 0 Å². The molecule has 0 spiro atoms. The highest BCUT2D eigenvalue weighted by Crippen LogP contribution is 2.20. The first kappa shape index (κ1) is 9.72. The summed E-state index contributed by atoms with van der Waals surface area (Å²) in [5.41, 5.74) is 3.72. The number of rotatable bonds is 2. The fourth-order valence-electron chi connectivity index (χ4n) is 1.59. The highest BCUT2D eigenvalue weighted by atomic mass is 14.0. The van der Waals surface area contributed by atoms with Gasteiger partial charge in [0.15, 0.2) is 0 Å². The molecule has 0 N–H and O–H groups in total. The summed E-state index contributed by atoms with van der Waals surface area (Å²) in [6, 6.07) is 19.6. The molecule has 0 atom stereocenters. The molecule has 0 heteroatoms. The molecule has 0 aliphatic rings. The Kier molecular flexibility index (Phi) is 2.99. The Morgan fingerprint density at radius 1 is 1.00 bits per heavy atom.